The molecule has 57 heavy (non-hydrogen) atoms. The number of hydrogen-bond donors (Lipinski definition) is 3. The highest BCUT2D eigenvalue weighted by molar-refractivity contribution is 5.92. The lowest BCUT2D eigenvalue weighted by molar-refractivity contribution is 0.289. The first-order valence-corrected chi connectivity index (χ1v) is 22.0. The van der Waals surface area contributed by atoms with Crippen molar-refractivity contribution in [2.24, 2.45) is 11.8 Å². The molecule has 1 saturated heterocycles. The molecule has 4 heteroatoms. The van der Waals surface area contributed by atoms with E-state index in [4.69, 9.17) is 0 Å². The SMILES string of the molecule is CC1(C)C2=C(C=C3NC(C4CCCCC4)N(c4ccc(-c5ccccc5)cc4)C3C2)c2cc(NCC3CCCCC3)c(Nc3ccc(-c4ccccc4)cc3)cc21. The number of fused-ring (bicyclic) bond motifs is 3. The van der Waals surface area contributed by atoms with E-state index in [9.17, 15) is 0 Å². The van der Waals surface area contributed by atoms with Gasteiger partial charge in [0.1, 0.15) is 6.17 Å². The molecule has 1 heterocycles. The van der Waals surface area contributed by atoms with Crippen LogP contribution in [0.25, 0.3) is 27.8 Å². The Morgan fingerprint density at radius 3 is 1.89 bits per heavy atom. The van der Waals surface area contributed by atoms with Gasteiger partial charge in [0.25, 0.3) is 0 Å². The fourth-order valence-electron chi connectivity index (χ4n) is 10.9. The first kappa shape index (κ1) is 36.1. The van der Waals surface area contributed by atoms with Gasteiger partial charge in [-0.15, -0.1) is 0 Å². The Morgan fingerprint density at radius 2 is 1.25 bits per heavy atom. The maximum Gasteiger partial charge on any atom is 0.102 e. The van der Waals surface area contributed by atoms with Crippen molar-refractivity contribution >= 4 is 28.3 Å². The Hall–Kier alpha value is -5.22. The molecule has 5 aliphatic rings. The third-order valence-electron chi connectivity index (χ3n) is 14.2. The second kappa shape index (κ2) is 15.3. The van der Waals surface area contributed by atoms with Crippen molar-refractivity contribution in [3.05, 3.63) is 150 Å². The Balaban J connectivity index is 0.989. The zero-order valence-electron chi connectivity index (χ0n) is 33.9. The quantitative estimate of drug-likeness (QED) is 0.140. The number of benzene rings is 5. The van der Waals surface area contributed by atoms with Crippen LogP contribution in [0, 0.1) is 11.8 Å². The van der Waals surface area contributed by atoms with Crippen LogP contribution >= 0.6 is 0 Å². The summed E-state index contributed by atoms with van der Waals surface area (Å²) in [6, 6.07) is 45.1. The zero-order valence-corrected chi connectivity index (χ0v) is 33.9. The first-order valence-electron chi connectivity index (χ1n) is 22.0. The van der Waals surface area contributed by atoms with Crippen molar-refractivity contribution in [2.45, 2.75) is 102 Å². The lowest BCUT2D eigenvalue weighted by Crippen LogP contribution is -2.45. The monoisotopic (exact) mass is 750 g/mol. The Kier molecular flexibility index (Phi) is 9.68. The third-order valence-corrected chi connectivity index (χ3v) is 14.2. The normalized spacial score (nSPS) is 21.6. The van der Waals surface area contributed by atoms with Crippen LogP contribution in [0.3, 0.4) is 0 Å². The Bertz CT molecular complexity index is 2260. The van der Waals surface area contributed by atoms with Crippen LogP contribution in [0.4, 0.5) is 22.7 Å². The molecule has 3 fully saturated rings. The molecule has 1 aliphatic heterocycles. The molecular weight excluding hydrogens is 693 g/mol. The molecule has 5 aromatic rings. The second-order valence-electron chi connectivity index (χ2n) is 18.0. The summed E-state index contributed by atoms with van der Waals surface area (Å²) in [5.74, 6) is 1.39. The van der Waals surface area contributed by atoms with Gasteiger partial charge in [0, 0.05) is 29.0 Å². The van der Waals surface area contributed by atoms with Crippen molar-refractivity contribution in [2.75, 3.05) is 22.1 Å². The van der Waals surface area contributed by atoms with Crippen molar-refractivity contribution in [1.82, 2.24) is 5.32 Å². The number of rotatable bonds is 9. The van der Waals surface area contributed by atoms with Crippen molar-refractivity contribution in [3.63, 3.8) is 0 Å². The summed E-state index contributed by atoms with van der Waals surface area (Å²) in [4.78, 5) is 2.78. The van der Waals surface area contributed by atoms with Gasteiger partial charge in [0.05, 0.1) is 17.4 Å². The van der Waals surface area contributed by atoms with E-state index >= 15 is 0 Å². The molecule has 0 radical (unpaired) electrons. The summed E-state index contributed by atoms with van der Waals surface area (Å²) in [5, 5.41) is 12.1. The zero-order chi connectivity index (χ0) is 38.3. The van der Waals surface area contributed by atoms with Gasteiger partial charge in [-0.2, -0.15) is 0 Å². The van der Waals surface area contributed by atoms with E-state index in [1.54, 1.807) is 5.57 Å². The smallest absolute Gasteiger partial charge is 0.102 e. The van der Waals surface area contributed by atoms with Gasteiger partial charge >= 0.3 is 0 Å². The molecule has 3 N–H and O–H groups in total. The summed E-state index contributed by atoms with van der Waals surface area (Å²) in [5.41, 5.74) is 17.0. The summed E-state index contributed by atoms with van der Waals surface area (Å²) in [6.45, 7) is 5.97. The molecule has 0 aromatic heterocycles. The topological polar surface area (TPSA) is 39.3 Å². The maximum absolute atomic E-state index is 4.20. The number of nitrogens with zero attached hydrogens (tertiary/aromatic N) is 1. The molecule has 2 saturated carbocycles. The van der Waals surface area contributed by atoms with Gasteiger partial charge in [-0.25, -0.2) is 0 Å². The van der Waals surface area contributed by atoms with Gasteiger partial charge < -0.3 is 20.9 Å². The van der Waals surface area contributed by atoms with E-state index < -0.39 is 0 Å². The van der Waals surface area contributed by atoms with Crippen LogP contribution < -0.4 is 20.9 Å². The minimum absolute atomic E-state index is 0.0893. The van der Waals surface area contributed by atoms with Gasteiger partial charge in [-0.1, -0.05) is 137 Å². The highest BCUT2D eigenvalue weighted by Crippen LogP contribution is 2.55. The number of allylic oxidation sites excluding steroid dienone is 2. The number of anilines is 4. The number of nitrogens with one attached hydrogen (secondary N) is 3. The highest BCUT2D eigenvalue weighted by Gasteiger charge is 2.48. The fraction of sp³-hybridized carbons (Fsp3) is 0.358. The summed E-state index contributed by atoms with van der Waals surface area (Å²) in [7, 11) is 0. The highest BCUT2D eigenvalue weighted by atomic mass is 15.4. The Labute approximate surface area is 340 Å². The van der Waals surface area contributed by atoms with Gasteiger partial charge in [0.15, 0.2) is 0 Å². The van der Waals surface area contributed by atoms with E-state index in [0.29, 0.717) is 18.1 Å². The molecular formula is C53H58N4. The predicted octanol–water partition coefficient (Wildman–Crippen LogP) is 13.5. The second-order valence-corrected chi connectivity index (χ2v) is 18.0. The minimum atomic E-state index is -0.0893. The maximum atomic E-state index is 4.20. The summed E-state index contributed by atoms with van der Waals surface area (Å²) < 4.78 is 0. The van der Waals surface area contributed by atoms with Crippen molar-refractivity contribution < 1.29 is 0 Å². The van der Waals surface area contributed by atoms with Crippen LogP contribution in [0.1, 0.15) is 95.6 Å². The van der Waals surface area contributed by atoms with E-state index in [0.717, 1.165) is 24.6 Å². The molecule has 2 atom stereocenters. The molecule has 0 amide bonds. The molecule has 5 aromatic carbocycles. The standard InChI is InChI=1S/C53H58N4/c1-53(2)46-33-49(55-42-27-23-39(24-28-42)37-17-9-4-10-18-37)48(54-35-36-15-7-3-8-16-36)31-44(46)45-32-50-51(34-47(45)53)57(52(56-50)41-21-13-6-14-22-41)43-29-25-40(26-30-43)38-19-11-5-12-20-38/h4-5,9-12,17-20,23-33,36,41,51-52,54-56H,3,6-8,13-16,21-22,34-35H2,1-2H3. The predicted molar refractivity (Wildman–Crippen MR) is 241 cm³/mol. The van der Waals surface area contributed by atoms with E-state index in [1.165, 1.54) is 126 Å². The van der Waals surface area contributed by atoms with Crippen LogP contribution in [0.2, 0.25) is 0 Å². The summed E-state index contributed by atoms with van der Waals surface area (Å²) >= 11 is 0. The van der Waals surface area contributed by atoms with Crippen molar-refractivity contribution in [3.8, 4) is 22.3 Å². The molecule has 10 rings (SSSR count). The molecule has 4 aliphatic carbocycles. The minimum Gasteiger partial charge on any atom is -0.383 e. The van der Waals surface area contributed by atoms with Crippen LogP contribution in [-0.4, -0.2) is 18.8 Å². The molecule has 2 unspecified atom stereocenters. The van der Waals surface area contributed by atoms with Gasteiger partial charge in [0.2, 0.25) is 0 Å². The summed E-state index contributed by atoms with van der Waals surface area (Å²) in [6.07, 6.45) is 17.3. The average Bonchev–Trinajstić information content (AvgIpc) is 3.75. The van der Waals surface area contributed by atoms with E-state index in [2.05, 4.69) is 162 Å². The fourth-order valence-corrected chi connectivity index (χ4v) is 10.9. The van der Waals surface area contributed by atoms with Crippen molar-refractivity contribution in [1.29, 1.82) is 0 Å². The first-order chi connectivity index (χ1) is 28.0. The van der Waals surface area contributed by atoms with Gasteiger partial charge in [-0.05, 0) is 131 Å². The molecule has 4 nitrogen and oxygen atoms in total. The van der Waals surface area contributed by atoms with Crippen LogP contribution in [0.5, 0.6) is 0 Å². The van der Waals surface area contributed by atoms with E-state index in [1.807, 2.05) is 0 Å². The molecule has 0 spiro atoms. The number of hydrogen-bond acceptors (Lipinski definition) is 4. The third kappa shape index (κ3) is 6.96. The lowest BCUT2D eigenvalue weighted by atomic mass is 9.77. The van der Waals surface area contributed by atoms with Gasteiger partial charge in [-0.3, -0.25) is 0 Å². The average molecular weight is 751 g/mol. The lowest BCUT2D eigenvalue weighted by Gasteiger charge is -2.38. The molecule has 0 bridgehead atoms. The largest absolute Gasteiger partial charge is 0.383 e. The van der Waals surface area contributed by atoms with Crippen LogP contribution in [0.15, 0.2) is 139 Å². The molecule has 290 valence electrons. The Morgan fingerprint density at radius 1 is 0.649 bits per heavy atom. The van der Waals surface area contributed by atoms with Crippen LogP contribution in [-0.2, 0) is 5.41 Å². The van der Waals surface area contributed by atoms with E-state index in [-0.39, 0.29) is 5.41 Å².